The highest BCUT2D eigenvalue weighted by molar-refractivity contribution is 7.99. The average molecular weight is 293 g/mol. The van der Waals surface area contributed by atoms with Crippen LogP contribution < -0.4 is 0 Å². The summed E-state index contributed by atoms with van der Waals surface area (Å²) in [7, 11) is 0. The zero-order valence-electron chi connectivity index (χ0n) is 10.8. The Kier molecular flexibility index (Phi) is 4.61. The lowest BCUT2D eigenvalue weighted by molar-refractivity contribution is 0.0701. The molecule has 0 bridgehead atoms. The summed E-state index contributed by atoms with van der Waals surface area (Å²) in [5, 5.41) is 9.92. The Morgan fingerprint density at radius 3 is 2.47 bits per heavy atom. The predicted octanol–water partition coefficient (Wildman–Crippen LogP) is 4.18. The Morgan fingerprint density at radius 1 is 1.32 bits per heavy atom. The molecule has 0 saturated carbocycles. The smallest absolute Gasteiger partial charge is 0.347 e. The maximum atomic E-state index is 11.1. The largest absolute Gasteiger partial charge is 0.477 e. The first-order valence-electron chi connectivity index (χ1n) is 6.12. The van der Waals surface area contributed by atoms with E-state index < -0.39 is 5.97 Å². The van der Waals surface area contributed by atoms with Crippen LogP contribution in [0.1, 0.15) is 29.2 Å². The number of carbonyl (C=O) groups is 1. The van der Waals surface area contributed by atoms with Gasteiger partial charge in [0.2, 0.25) is 0 Å². The fraction of sp³-hybridized carbons (Fsp3) is 0.286. The number of aromatic nitrogens is 1. The van der Waals surface area contributed by atoms with Crippen LogP contribution >= 0.6 is 23.1 Å². The highest BCUT2D eigenvalue weighted by atomic mass is 32.2. The lowest BCUT2D eigenvalue weighted by atomic mass is 10.2. The standard InChI is InChI=1S/C14H15NO2S2/c1-3-11-12(14(16)17)19-13(15-11)9-5-7-10(8-6-9)18-4-2/h5-8H,3-4H2,1-2H3,(H,16,17). The molecule has 0 amide bonds. The molecule has 0 radical (unpaired) electrons. The first-order valence-corrected chi connectivity index (χ1v) is 7.92. The van der Waals surface area contributed by atoms with Gasteiger partial charge in [-0.2, -0.15) is 0 Å². The molecule has 19 heavy (non-hydrogen) atoms. The lowest BCUT2D eigenvalue weighted by Crippen LogP contribution is -1.97. The molecule has 0 aliphatic carbocycles. The van der Waals surface area contributed by atoms with E-state index in [9.17, 15) is 4.79 Å². The molecule has 0 aliphatic heterocycles. The third-order valence-electron chi connectivity index (χ3n) is 2.64. The Labute approximate surface area is 120 Å². The van der Waals surface area contributed by atoms with Gasteiger partial charge < -0.3 is 5.11 Å². The van der Waals surface area contributed by atoms with E-state index in [1.807, 2.05) is 19.1 Å². The summed E-state index contributed by atoms with van der Waals surface area (Å²) < 4.78 is 0. The second-order valence-electron chi connectivity index (χ2n) is 3.91. The van der Waals surface area contributed by atoms with Crippen LogP contribution in [0, 0.1) is 0 Å². The summed E-state index contributed by atoms with van der Waals surface area (Å²) in [6.07, 6.45) is 0.641. The Hall–Kier alpha value is -1.33. The molecule has 1 N–H and O–H groups in total. The van der Waals surface area contributed by atoms with Crippen molar-refractivity contribution in [2.75, 3.05) is 5.75 Å². The van der Waals surface area contributed by atoms with E-state index >= 15 is 0 Å². The number of rotatable bonds is 5. The zero-order chi connectivity index (χ0) is 13.8. The Bertz CT molecular complexity index is 576. The molecule has 0 saturated heterocycles. The molecule has 2 aromatic rings. The minimum atomic E-state index is -0.890. The summed E-state index contributed by atoms with van der Waals surface area (Å²) in [5.41, 5.74) is 1.65. The van der Waals surface area contributed by atoms with Crippen molar-refractivity contribution in [2.45, 2.75) is 25.2 Å². The molecule has 5 heteroatoms. The van der Waals surface area contributed by atoms with E-state index in [2.05, 4.69) is 24.0 Å². The molecule has 1 heterocycles. The van der Waals surface area contributed by atoms with Crippen LogP contribution in [-0.4, -0.2) is 21.8 Å². The van der Waals surface area contributed by atoms with Crippen molar-refractivity contribution in [3.63, 3.8) is 0 Å². The van der Waals surface area contributed by atoms with E-state index in [1.165, 1.54) is 16.2 Å². The summed E-state index contributed by atoms with van der Waals surface area (Å²) in [6.45, 7) is 4.04. The van der Waals surface area contributed by atoms with Gasteiger partial charge in [-0.3, -0.25) is 0 Å². The predicted molar refractivity (Wildman–Crippen MR) is 80.3 cm³/mol. The molecule has 1 aromatic carbocycles. The van der Waals surface area contributed by atoms with Crippen molar-refractivity contribution in [1.82, 2.24) is 4.98 Å². The molecule has 0 atom stereocenters. The Morgan fingerprint density at radius 2 is 2.00 bits per heavy atom. The number of nitrogens with zero attached hydrogens (tertiary/aromatic N) is 1. The molecule has 2 rings (SSSR count). The molecular weight excluding hydrogens is 278 g/mol. The third-order valence-corrected chi connectivity index (χ3v) is 4.67. The zero-order valence-corrected chi connectivity index (χ0v) is 12.5. The quantitative estimate of drug-likeness (QED) is 0.840. The highest BCUT2D eigenvalue weighted by Gasteiger charge is 2.16. The molecule has 1 aromatic heterocycles. The van der Waals surface area contributed by atoms with Gasteiger partial charge in [0.05, 0.1) is 5.69 Å². The number of benzene rings is 1. The van der Waals surface area contributed by atoms with Gasteiger partial charge in [-0.25, -0.2) is 9.78 Å². The molecule has 0 aliphatic rings. The van der Waals surface area contributed by atoms with Crippen molar-refractivity contribution < 1.29 is 9.90 Å². The summed E-state index contributed by atoms with van der Waals surface area (Å²) >= 11 is 3.03. The third kappa shape index (κ3) is 3.16. The van der Waals surface area contributed by atoms with Crippen molar-refractivity contribution in [3.05, 3.63) is 34.8 Å². The van der Waals surface area contributed by atoms with Crippen LogP contribution in [0.5, 0.6) is 0 Å². The van der Waals surface area contributed by atoms with Gasteiger partial charge in [0.15, 0.2) is 0 Å². The number of hydrogen-bond acceptors (Lipinski definition) is 4. The van der Waals surface area contributed by atoms with Gasteiger partial charge in [0.25, 0.3) is 0 Å². The number of carboxylic acid groups (broad SMARTS) is 1. The number of thiazole rings is 1. The summed E-state index contributed by atoms with van der Waals surface area (Å²) in [6, 6.07) is 8.11. The van der Waals surface area contributed by atoms with E-state index in [1.54, 1.807) is 11.8 Å². The van der Waals surface area contributed by atoms with Crippen LogP contribution in [0.3, 0.4) is 0 Å². The van der Waals surface area contributed by atoms with E-state index in [0.717, 1.165) is 16.3 Å². The van der Waals surface area contributed by atoms with Crippen LogP contribution in [0.25, 0.3) is 10.6 Å². The fourth-order valence-corrected chi connectivity index (χ4v) is 3.40. The van der Waals surface area contributed by atoms with Crippen LogP contribution in [0.2, 0.25) is 0 Å². The number of aromatic carboxylic acids is 1. The van der Waals surface area contributed by atoms with Gasteiger partial charge in [-0.15, -0.1) is 23.1 Å². The van der Waals surface area contributed by atoms with E-state index in [-0.39, 0.29) is 0 Å². The van der Waals surface area contributed by atoms with Gasteiger partial charge in [0, 0.05) is 10.5 Å². The lowest BCUT2D eigenvalue weighted by Gasteiger charge is -1.99. The summed E-state index contributed by atoms with van der Waals surface area (Å²) in [4.78, 5) is 17.1. The first-order chi connectivity index (χ1) is 9.15. The van der Waals surface area contributed by atoms with Gasteiger partial charge in [-0.05, 0) is 24.3 Å². The van der Waals surface area contributed by atoms with Gasteiger partial charge >= 0.3 is 5.97 Å². The second kappa shape index (κ2) is 6.21. The number of aryl methyl sites for hydroxylation is 1. The molecule has 100 valence electrons. The van der Waals surface area contributed by atoms with Crippen molar-refractivity contribution >= 4 is 29.1 Å². The molecule has 3 nitrogen and oxygen atoms in total. The second-order valence-corrected chi connectivity index (χ2v) is 6.25. The normalized spacial score (nSPS) is 10.6. The van der Waals surface area contributed by atoms with Crippen LogP contribution in [0.4, 0.5) is 0 Å². The van der Waals surface area contributed by atoms with E-state index in [0.29, 0.717) is 17.0 Å². The van der Waals surface area contributed by atoms with Crippen LogP contribution in [0.15, 0.2) is 29.2 Å². The molecule has 0 spiro atoms. The summed E-state index contributed by atoms with van der Waals surface area (Å²) in [5.74, 6) is 0.151. The van der Waals surface area contributed by atoms with Crippen molar-refractivity contribution in [2.24, 2.45) is 0 Å². The number of hydrogen-bond donors (Lipinski definition) is 1. The molecule has 0 fully saturated rings. The first kappa shape index (κ1) is 14.1. The maximum absolute atomic E-state index is 11.1. The topological polar surface area (TPSA) is 50.2 Å². The highest BCUT2D eigenvalue weighted by Crippen LogP contribution is 2.30. The van der Waals surface area contributed by atoms with E-state index in [4.69, 9.17) is 5.11 Å². The van der Waals surface area contributed by atoms with Gasteiger partial charge in [-0.1, -0.05) is 26.0 Å². The van der Waals surface area contributed by atoms with Crippen LogP contribution in [-0.2, 0) is 6.42 Å². The average Bonchev–Trinajstić information content (AvgIpc) is 2.84. The Balaban J connectivity index is 2.33. The fourth-order valence-electron chi connectivity index (χ4n) is 1.74. The SMILES string of the molecule is CCSc1ccc(-c2nc(CC)c(C(=O)O)s2)cc1. The minimum absolute atomic E-state index is 0.351. The monoisotopic (exact) mass is 293 g/mol. The van der Waals surface area contributed by atoms with Gasteiger partial charge in [0.1, 0.15) is 9.88 Å². The van der Waals surface area contributed by atoms with Crippen molar-refractivity contribution in [3.8, 4) is 10.6 Å². The molecule has 0 unspecified atom stereocenters. The number of carboxylic acids is 1. The number of thioether (sulfide) groups is 1. The molecular formula is C14H15NO2S2. The minimum Gasteiger partial charge on any atom is -0.477 e. The maximum Gasteiger partial charge on any atom is 0.347 e. The van der Waals surface area contributed by atoms with Crippen molar-refractivity contribution in [1.29, 1.82) is 0 Å².